The summed E-state index contributed by atoms with van der Waals surface area (Å²) in [6, 6.07) is 3.35. The van der Waals surface area contributed by atoms with E-state index in [-0.39, 0.29) is 18.5 Å². The molecule has 1 aromatic heterocycles. The maximum absolute atomic E-state index is 11.6. The van der Waals surface area contributed by atoms with Crippen molar-refractivity contribution in [2.75, 3.05) is 11.9 Å². The molecule has 0 aliphatic carbocycles. The van der Waals surface area contributed by atoms with Crippen LogP contribution in [-0.2, 0) is 9.59 Å². The van der Waals surface area contributed by atoms with Crippen molar-refractivity contribution in [2.24, 2.45) is 0 Å². The Morgan fingerprint density at radius 2 is 2.35 bits per heavy atom. The summed E-state index contributed by atoms with van der Waals surface area (Å²) in [5.41, 5.74) is -0.138. The number of aryl methyl sites for hydroxylation is 1. The average molecular weight is 278 g/mol. The predicted octanol–water partition coefficient (Wildman–Crippen LogP) is 0.783. The molecule has 0 aromatic carbocycles. The summed E-state index contributed by atoms with van der Waals surface area (Å²) in [5, 5.41) is 26.1. The van der Waals surface area contributed by atoms with E-state index >= 15 is 0 Å². The number of nitrogens with zero attached hydrogens (tertiary/aromatic N) is 2. The molecule has 0 saturated heterocycles. The van der Waals surface area contributed by atoms with E-state index in [2.05, 4.69) is 15.8 Å². The number of aromatic nitrogens is 1. The van der Waals surface area contributed by atoms with Crippen LogP contribution in [0.1, 0.15) is 18.6 Å². The van der Waals surface area contributed by atoms with Gasteiger partial charge in [-0.05, 0) is 13.3 Å². The zero-order valence-corrected chi connectivity index (χ0v) is 10.8. The molecule has 0 unspecified atom stereocenters. The average Bonchev–Trinajstić information content (AvgIpc) is 2.81. The van der Waals surface area contributed by atoms with Gasteiger partial charge in [0, 0.05) is 25.2 Å². The summed E-state index contributed by atoms with van der Waals surface area (Å²) < 4.78 is 4.81. The Morgan fingerprint density at radius 1 is 1.60 bits per heavy atom. The lowest BCUT2D eigenvalue weighted by molar-refractivity contribution is -0.137. The number of nitriles is 1. The second kappa shape index (κ2) is 7.58. The number of aliphatic carboxylic acids is 1. The molecule has 0 radical (unpaired) electrons. The first kappa shape index (κ1) is 15.2. The fraction of sp³-hybridized carbons (Fsp3) is 0.333. The fourth-order valence-electron chi connectivity index (χ4n) is 1.27. The number of carboxylic acid groups (broad SMARTS) is 1. The van der Waals surface area contributed by atoms with E-state index in [9.17, 15) is 9.59 Å². The van der Waals surface area contributed by atoms with Gasteiger partial charge in [0.25, 0.3) is 5.91 Å². The van der Waals surface area contributed by atoms with Crippen molar-refractivity contribution in [1.82, 2.24) is 10.5 Å². The minimum Gasteiger partial charge on any atom is -0.481 e. The van der Waals surface area contributed by atoms with Crippen molar-refractivity contribution < 1.29 is 19.2 Å². The first-order chi connectivity index (χ1) is 9.52. The number of anilines is 1. The van der Waals surface area contributed by atoms with Crippen LogP contribution < -0.4 is 10.6 Å². The fourth-order valence-corrected chi connectivity index (χ4v) is 1.27. The minimum absolute atomic E-state index is 0.0393. The Labute approximate surface area is 115 Å². The summed E-state index contributed by atoms with van der Waals surface area (Å²) in [5.74, 6) is -0.532. The number of carbonyl (C=O) groups excluding carboxylic acids is 1. The number of carboxylic acids is 1. The molecule has 1 aromatic rings. The second-order valence-corrected chi connectivity index (χ2v) is 3.89. The van der Waals surface area contributed by atoms with E-state index < -0.39 is 11.9 Å². The summed E-state index contributed by atoms with van der Waals surface area (Å²) >= 11 is 0. The van der Waals surface area contributed by atoms with Gasteiger partial charge < -0.3 is 20.3 Å². The van der Waals surface area contributed by atoms with Crippen LogP contribution in [0.4, 0.5) is 5.82 Å². The monoisotopic (exact) mass is 278 g/mol. The van der Waals surface area contributed by atoms with E-state index in [4.69, 9.17) is 14.9 Å². The van der Waals surface area contributed by atoms with Crippen molar-refractivity contribution in [3.8, 4) is 6.07 Å². The molecule has 0 atom stereocenters. The van der Waals surface area contributed by atoms with E-state index in [1.165, 1.54) is 6.20 Å². The standard InChI is InChI=1S/C12H14N4O4/c1-8-5-10(16-20-8)15-7-9(6-13)12(19)14-4-2-3-11(17)18/h5,7H,2-4H2,1H3,(H,14,19)(H,15,16)(H,17,18)/b9-7-. The lowest BCUT2D eigenvalue weighted by Crippen LogP contribution is -2.26. The third-order valence-electron chi connectivity index (χ3n) is 2.21. The first-order valence-electron chi connectivity index (χ1n) is 5.83. The number of nitrogens with one attached hydrogen (secondary N) is 2. The number of amides is 1. The zero-order chi connectivity index (χ0) is 15.0. The van der Waals surface area contributed by atoms with Gasteiger partial charge >= 0.3 is 5.97 Å². The molecule has 0 saturated carbocycles. The molecule has 3 N–H and O–H groups in total. The van der Waals surface area contributed by atoms with E-state index in [1.807, 2.05) is 0 Å². The van der Waals surface area contributed by atoms with Gasteiger partial charge in [0.2, 0.25) is 0 Å². The molecule has 1 heterocycles. The van der Waals surface area contributed by atoms with Crippen LogP contribution in [0.15, 0.2) is 22.4 Å². The topological polar surface area (TPSA) is 128 Å². The lowest BCUT2D eigenvalue weighted by atomic mass is 10.2. The summed E-state index contributed by atoms with van der Waals surface area (Å²) in [6.45, 7) is 1.90. The van der Waals surface area contributed by atoms with E-state index in [0.717, 1.165) is 0 Å². The number of hydrogen-bond acceptors (Lipinski definition) is 6. The van der Waals surface area contributed by atoms with Crippen LogP contribution in [0, 0.1) is 18.3 Å². The highest BCUT2D eigenvalue weighted by Crippen LogP contribution is 2.07. The second-order valence-electron chi connectivity index (χ2n) is 3.89. The van der Waals surface area contributed by atoms with Crippen molar-refractivity contribution in [1.29, 1.82) is 5.26 Å². The molecule has 106 valence electrons. The third-order valence-corrected chi connectivity index (χ3v) is 2.21. The minimum atomic E-state index is -0.932. The zero-order valence-electron chi connectivity index (χ0n) is 10.8. The SMILES string of the molecule is Cc1cc(N/C=C(/C#N)C(=O)NCCCC(=O)O)no1. The van der Waals surface area contributed by atoms with Crippen LogP contribution in [0.5, 0.6) is 0 Å². The van der Waals surface area contributed by atoms with Crippen molar-refractivity contribution in [3.05, 3.63) is 23.6 Å². The molecule has 0 spiro atoms. The summed E-state index contributed by atoms with van der Waals surface area (Å²) in [7, 11) is 0. The summed E-state index contributed by atoms with van der Waals surface area (Å²) in [4.78, 5) is 21.9. The van der Waals surface area contributed by atoms with Gasteiger partial charge in [0.15, 0.2) is 5.82 Å². The highest BCUT2D eigenvalue weighted by molar-refractivity contribution is 5.97. The third kappa shape index (κ3) is 5.22. The maximum atomic E-state index is 11.6. The van der Waals surface area contributed by atoms with Gasteiger partial charge in [-0.2, -0.15) is 5.26 Å². The maximum Gasteiger partial charge on any atom is 0.303 e. The van der Waals surface area contributed by atoms with Crippen LogP contribution in [-0.4, -0.2) is 28.7 Å². The Bertz CT molecular complexity index is 556. The number of carbonyl (C=O) groups is 2. The molecule has 1 amide bonds. The largest absolute Gasteiger partial charge is 0.481 e. The molecule has 0 aliphatic heterocycles. The van der Waals surface area contributed by atoms with Gasteiger partial charge in [-0.1, -0.05) is 5.16 Å². The van der Waals surface area contributed by atoms with Crippen molar-refractivity contribution >= 4 is 17.7 Å². The molecule has 20 heavy (non-hydrogen) atoms. The Kier molecular flexibility index (Phi) is 5.77. The smallest absolute Gasteiger partial charge is 0.303 e. The van der Waals surface area contributed by atoms with Gasteiger partial charge in [-0.25, -0.2) is 0 Å². The van der Waals surface area contributed by atoms with Crippen LogP contribution in [0.2, 0.25) is 0 Å². The predicted molar refractivity (Wildman–Crippen MR) is 68.4 cm³/mol. The molecular weight excluding hydrogens is 264 g/mol. The van der Waals surface area contributed by atoms with E-state index in [0.29, 0.717) is 18.0 Å². The highest BCUT2D eigenvalue weighted by Gasteiger charge is 2.09. The summed E-state index contributed by atoms with van der Waals surface area (Å²) in [6.07, 6.45) is 1.47. The lowest BCUT2D eigenvalue weighted by Gasteiger charge is -2.02. The van der Waals surface area contributed by atoms with Crippen LogP contribution in [0.25, 0.3) is 0 Å². The van der Waals surface area contributed by atoms with E-state index in [1.54, 1.807) is 19.1 Å². The van der Waals surface area contributed by atoms with Crippen molar-refractivity contribution in [2.45, 2.75) is 19.8 Å². The molecule has 8 heteroatoms. The molecule has 0 bridgehead atoms. The number of hydrogen-bond donors (Lipinski definition) is 3. The first-order valence-corrected chi connectivity index (χ1v) is 5.83. The van der Waals surface area contributed by atoms with Crippen LogP contribution >= 0.6 is 0 Å². The molecule has 0 fully saturated rings. The molecule has 8 nitrogen and oxygen atoms in total. The Balaban J connectivity index is 2.46. The molecular formula is C12H14N4O4. The van der Waals surface area contributed by atoms with Gasteiger partial charge in [-0.15, -0.1) is 0 Å². The molecule has 1 rings (SSSR count). The van der Waals surface area contributed by atoms with Gasteiger partial charge in [-0.3, -0.25) is 9.59 Å². The molecule has 0 aliphatic rings. The quantitative estimate of drug-likeness (QED) is 0.382. The normalized spacial score (nSPS) is 10.7. The Hall–Kier alpha value is -2.82. The highest BCUT2D eigenvalue weighted by atomic mass is 16.5. The van der Waals surface area contributed by atoms with Crippen LogP contribution in [0.3, 0.4) is 0 Å². The number of rotatable bonds is 7. The van der Waals surface area contributed by atoms with Crippen molar-refractivity contribution in [3.63, 3.8) is 0 Å². The Morgan fingerprint density at radius 3 is 2.90 bits per heavy atom. The van der Waals surface area contributed by atoms with Gasteiger partial charge in [0.1, 0.15) is 17.4 Å². The van der Waals surface area contributed by atoms with Gasteiger partial charge in [0.05, 0.1) is 0 Å².